The van der Waals surface area contributed by atoms with Crippen LogP contribution in [0.1, 0.15) is 28.9 Å². The lowest BCUT2D eigenvalue weighted by atomic mass is 10.1. The van der Waals surface area contributed by atoms with Crippen LogP contribution in [0, 0.1) is 13.8 Å². The first-order valence-corrected chi connectivity index (χ1v) is 6.34. The van der Waals surface area contributed by atoms with Crippen molar-refractivity contribution in [3.63, 3.8) is 0 Å². The van der Waals surface area contributed by atoms with Crippen LogP contribution in [0.15, 0.2) is 12.3 Å². The predicted molar refractivity (Wildman–Crippen MR) is 73.5 cm³/mol. The van der Waals surface area contributed by atoms with Crippen molar-refractivity contribution < 1.29 is 0 Å². The predicted octanol–water partition coefficient (Wildman–Crippen LogP) is 1.23. The first kappa shape index (κ1) is 13.9. The van der Waals surface area contributed by atoms with E-state index in [0.29, 0.717) is 17.3 Å². The molecule has 2 aromatic rings. The number of nitrogens with two attached hydrogens (primary N) is 1. The summed E-state index contributed by atoms with van der Waals surface area (Å²) in [6, 6.07) is 1.71. The van der Waals surface area contributed by atoms with Crippen LogP contribution < -0.4 is 11.3 Å². The van der Waals surface area contributed by atoms with Crippen molar-refractivity contribution in [3.05, 3.63) is 40.2 Å². The van der Waals surface area contributed by atoms with E-state index in [0.717, 1.165) is 17.1 Å². The van der Waals surface area contributed by atoms with E-state index in [9.17, 15) is 0 Å². The maximum absolute atomic E-state index is 6.25. The molecule has 102 valence electrons. The summed E-state index contributed by atoms with van der Waals surface area (Å²) in [7, 11) is 1.87. The molecule has 2 aromatic heterocycles. The van der Waals surface area contributed by atoms with E-state index in [-0.39, 0.29) is 6.04 Å². The molecule has 0 aliphatic carbocycles. The number of rotatable bonds is 4. The second kappa shape index (κ2) is 5.64. The Labute approximate surface area is 117 Å². The average molecular weight is 281 g/mol. The van der Waals surface area contributed by atoms with Crippen molar-refractivity contribution in [1.29, 1.82) is 0 Å². The molecule has 0 bridgehead atoms. The van der Waals surface area contributed by atoms with E-state index in [4.69, 9.17) is 17.4 Å². The van der Waals surface area contributed by atoms with E-state index in [1.807, 2.05) is 27.0 Å². The summed E-state index contributed by atoms with van der Waals surface area (Å²) in [6.07, 6.45) is 2.33. The minimum atomic E-state index is -0.131. The molecule has 0 spiro atoms. The van der Waals surface area contributed by atoms with Gasteiger partial charge in [-0.3, -0.25) is 16.0 Å². The van der Waals surface area contributed by atoms with Gasteiger partial charge in [-0.2, -0.15) is 5.10 Å². The monoisotopic (exact) mass is 280 g/mol. The molecule has 1 atom stereocenters. The second-order valence-electron chi connectivity index (χ2n) is 4.42. The third-order valence-corrected chi connectivity index (χ3v) is 3.51. The third kappa shape index (κ3) is 2.91. The van der Waals surface area contributed by atoms with Gasteiger partial charge in [0.25, 0.3) is 0 Å². The minimum absolute atomic E-state index is 0.131. The second-order valence-corrected chi connectivity index (χ2v) is 4.80. The van der Waals surface area contributed by atoms with Gasteiger partial charge in [-0.1, -0.05) is 11.6 Å². The summed E-state index contributed by atoms with van der Waals surface area (Å²) in [4.78, 5) is 8.46. The molecular weight excluding hydrogens is 264 g/mol. The molecule has 19 heavy (non-hydrogen) atoms. The molecule has 7 heteroatoms. The Hall–Kier alpha value is -1.50. The summed E-state index contributed by atoms with van der Waals surface area (Å²) in [6.45, 7) is 3.73. The minimum Gasteiger partial charge on any atom is -0.271 e. The highest BCUT2D eigenvalue weighted by atomic mass is 35.5. The van der Waals surface area contributed by atoms with Gasteiger partial charge >= 0.3 is 0 Å². The number of halogens is 1. The first-order chi connectivity index (χ1) is 9.02. The summed E-state index contributed by atoms with van der Waals surface area (Å²) in [5, 5.41) is 4.97. The van der Waals surface area contributed by atoms with Crippen LogP contribution >= 0.6 is 11.6 Å². The number of hydrogen-bond donors (Lipinski definition) is 2. The number of aromatic nitrogens is 4. The summed E-state index contributed by atoms with van der Waals surface area (Å²) in [5.74, 6) is 6.34. The highest BCUT2D eigenvalue weighted by Gasteiger charge is 2.18. The Morgan fingerprint density at radius 3 is 2.74 bits per heavy atom. The summed E-state index contributed by atoms with van der Waals surface area (Å²) < 4.78 is 1.77. The highest BCUT2D eigenvalue weighted by Crippen LogP contribution is 2.24. The van der Waals surface area contributed by atoms with Crippen LogP contribution in [0.5, 0.6) is 0 Å². The van der Waals surface area contributed by atoms with Gasteiger partial charge in [-0.15, -0.1) is 0 Å². The van der Waals surface area contributed by atoms with Gasteiger partial charge < -0.3 is 0 Å². The molecule has 2 heterocycles. The molecular formula is C12H17ClN6. The number of nitrogens with zero attached hydrogens (tertiary/aromatic N) is 4. The third-order valence-electron chi connectivity index (χ3n) is 3.01. The molecule has 0 saturated carbocycles. The quantitative estimate of drug-likeness (QED) is 0.650. The molecule has 2 rings (SSSR count). The lowest BCUT2D eigenvalue weighted by Crippen LogP contribution is -2.31. The Balaban J connectivity index is 2.29. The zero-order chi connectivity index (χ0) is 14.0. The number of nitrogens with one attached hydrogen (secondary N) is 1. The molecule has 0 amide bonds. The zero-order valence-corrected chi connectivity index (χ0v) is 11.9. The average Bonchev–Trinajstić information content (AvgIpc) is 2.61. The molecule has 0 aliphatic rings. The van der Waals surface area contributed by atoms with Crippen molar-refractivity contribution in [2.45, 2.75) is 26.3 Å². The van der Waals surface area contributed by atoms with Gasteiger partial charge in [0.05, 0.1) is 28.1 Å². The zero-order valence-electron chi connectivity index (χ0n) is 11.2. The van der Waals surface area contributed by atoms with Gasteiger partial charge in [0.2, 0.25) is 0 Å². The maximum Gasteiger partial charge on any atom is 0.125 e. The van der Waals surface area contributed by atoms with Crippen LogP contribution in [0.2, 0.25) is 5.02 Å². The topological polar surface area (TPSA) is 81.7 Å². The maximum atomic E-state index is 6.25. The van der Waals surface area contributed by atoms with E-state index in [1.54, 1.807) is 10.9 Å². The van der Waals surface area contributed by atoms with Gasteiger partial charge in [0, 0.05) is 19.7 Å². The van der Waals surface area contributed by atoms with Gasteiger partial charge in [-0.05, 0) is 19.9 Å². The van der Waals surface area contributed by atoms with Crippen molar-refractivity contribution in [2.75, 3.05) is 0 Å². The van der Waals surface area contributed by atoms with E-state index in [1.165, 1.54) is 0 Å². The van der Waals surface area contributed by atoms with Crippen LogP contribution in [0.25, 0.3) is 0 Å². The standard InChI is InChI=1S/C12H17ClN6/c1-7-12(13)11(19(3)18-7)6-10(17-14)9-4-5-15-8(2)16-9/h4-5,10,17H,6,14H2,1-3H3. The molecule has 0 aliphatic heterocycles. The van der Waals surface area contributed by atoms with Gasteiger partial charge in [0.15, 0.2) is 0 Å². The largest absolute Gasteiger partial charge is 0.271 e. The van der Waals surface area contributed by atoms with Crippen molar-refractivity contribution in [3.8, 4) is 0 Å². The molecule has 6 nitrogen and oxygen atoms in total. The Morgan fingerprint density at radius 1 is 1.47 bits per heavy atom. The number of hydrazine groups is 1. The molecule has 0 radical (unpaired) electrons. The van der Waals surface area contributed by atoms with Gasteiger partial charge in [0.1, 0.15) is 5.82 Å². The van der Waals surface area contributed by atoms with Crippen LogP contribution in [-0.2, 0) is 13.5 Å². The van der Waals surface area contributed by atoms with E-state index >= 15 is 0 Å². The van der Waals surface area contributed by atoms with Crippen molar-refractivity contribution >= 4 is 11.6 Å². The Morgan fingerprint density at radius 2 is 2.21 bits per heavy atom. The molecule has 0 aromatic carbocycles. The Kier molecular flexibility index (Phi) is 4.14. The van der Waals surface area contributed by atoms with Crippen molar-refractivity contribution in [2.24, 2.45) is 12.9 Å². The molecule has 1 unspecified atom stereocenters. The highest BCUT2D eigenvalue weighted by molar-refractivity contribution is 6.31. The van der Waals surface area contributed by atoms with Crippen molar-refractivity contribution in [1.82, 2.24) is 25.2 Å². The summed E-state index contributed by atoms with van der Waals surface area (Å²) >= 11 is 6.25. The fourth-order valence-corrected chi connectivity index (χ4v) is 2.25. The smallest absolute Gasteiger partial charge is 0.125 e. The van der Waals surface area contributed by atoms with E-state index < -0.39 is 0 Å². The van der Waals surface area contributed by atoms with Gasteiger partial charge in [-0.25, -0.2) is 9.97 Å². The number of hydrogen-bond acceptors (Lipinski definition) is 5. The molecule has 0 fully saturated rings. The first-order valence-electron chi connectivity index (χ1n) is 5.96. The molecule has 3 N–H and O–H groups in total. The van der Waals surface area contributed by atoms with Crippen LogP contribution in [0.3, 0.4) is 0 Å². The Bertz CT molecular complexity index is 580. The fraction of sp³-hybridized carbons (Fsp3) is 0.417. The summed E-state index contributed by atoms with van der Waals surface area (Å²) in [5.41, 5.74) is 5.35. The van der Waals surface area contributed by atoms with E-state index in [2.05, 4.69) is 20.5 Å². The fourth-order valence-electron chi connectivity index (χ4n) is 2.01. The lowest BCUT2D eigenvalue weighted by molar-refractivity contribution is 0.516. The molecule has 0 saturated heterocycles. The number of aryl methyl sites for hydroxylation is 3. The van der Waals surface area contributed by atoms with Crippen LogP contribution in [-0.4, -0.2) is 19.7 Å². The normalized spacial score (nSPS) is 12.7. The van der Waals surface area contributed by atoms with Crippen LogP contribution in [0.4, 0.5) is 0 Å². The SMILES string of the molecule is Cc1nccc(C(Cc2c(Cl)c(C)nn2C)NN)n1. The lowest BCUT2D eigenvalue weighted by Gasteiger charge is -2.16.